The predicted molar refractivity (Wildman–Crippen MR) is 102 cm³/mol. The minimum absolute atomic E-state index is 0.00372. The number of benzene rings is 2. The lowest BCUT2D eigenvalue weighted by Gasteiger charge is -2.08. The first-order valence-electron chi connectivity index (χ1n) is 7.75. The number of H-pyrrole nitrogens is 1. The Morgan fingerprint density at radius 2 is 1.80 bits per heavy atom. The minimum Gasteiger partial charge on any atom is -0.506 e. The second-order valence-electron chi connectivity index (χ2n) is 5.63. The molecule has 0 fully saturated rings. The molecular weight excluding hydrogens is 334 g/mol. The molecule has 0 aliphatic heterocycles. The number of aromatic hydroxyl groups is 1. The van der Waals surface area contributed by atoms with Gasteiger partial charge < -0.3 is 14.8 Å². The Morgan fingerprint density at radius 1 is 1.04 bits per heavy atom. The molecule has 25 heavy (non-hydrogen) atoms. The summed E-state index contributed by atoms with van der Waals surface area (Å²) in [6, 6.07) is 16.8. The molecule has 0 atom stereocenters. The van der Waals surface area contributed by atoms with Gasteiger partial charge in [-0.3, -0.25) is 4.79 Å². The molecule has 0 saturated heterocycles. The SMILES string of the molecule is COc1cccc(-c2csc3[nH]c(=O)c(-c4ccccc4)c(O)c23)c1. The van der Waals surface area contributed by atoms with Gasteiger partial charge in [-0.2, -0.15) is 0 Å². The van der Waals surface area contributed by atoms with E-state index in [0.29, 0.717) is 15.8 Å². The number of aromatic amines is 1. The van der Waals surface area contributed by atoms with E-state index in [1.165, 1.54) is 11.3 Å². The third-order valence-electron chi connectivity index (χ3n) is 4.16. The second kappa shape index (κ2) is 6.11. The summed E-state index contributed by atoms with van der Waals surface area (Å²) in [6.45, 7) is 0. The third-order valence-corrected chi connectivity index (χ3v) is 5.06. The molecule has 0 saturated carbocycles. The minimum atomic E-state index is -0.296. The van der Waals surface area contributed by atoms with Gasteiger partial charge in [0.05, 0.1) is 18.1 Å². The molecule has 2 heterocycles. The summed E-state index contributed by atoms with van der Waals surface area (Å²) >= 11 is 1.40. The molecule has 0 bridgehead atoms. The van der Waals surface area contributed by atoms with E-state index in [2.05, 4.69) is 4.98 Å². The van der Waals surface area contributed by atoms with Crippen molar-refractivity contribution in [3.63, 3.8) is 0 Å². The monoisotopic (exact) mass is 349 g/mol. The summed E-state index contributed by atoms with van der Waals surface area (Å²) in [4.78, 5) is 16.0. The zero-order valence-corrected chi connectivity index (χ0v) is 14.3. The summed E-state index contributed by atoms with van der Waals surface area (Å²) in [7, 11) is 1.62. The number of ether oxygens (including phenoxy) is 1. The average molecular weight is 349 g/mol. The highest BCUT2D eigenvalue weighted by Gasteiger charge is 2.18. The molecule has 2 aromatic heterocycles. The Balaban J connectivity index is 2.01. The van der Waals surface area contributed by atoms with Crippen LogP contribution in [0.5, 0.6) is 11.5 Å². The number of thiophene rings is 1. The lowest BCUT2D eigenvalue weighted by molar-refractivity contribution is 0.415. The van der Waals surface area contributed by atoms with Crippen molar-refractivity contribution < 1.29 is 9.84 Å². The molecule has 5 heteroatoms. The number of methoxy groups -OCH3 is 1. The topological polar surface area (TPSA) is 62.3 Å². The highest BCUT2D eigenvalue weighted by Crippen LogP contribution is 2.41. The Bertz CT molecular complexity index is 1110. The number of aromatic nitrogens is 1. The van der Waals surface area contributed by atoms with E-state index >= 15 is 0 Å². The van der Waals surface area contributed by atoms with Crippen LogP contribution in [0.4, 0.5) is 0 Å². The zero-order valence-electron chi connectivity index (χ0n) is 13.4. The van der Waals surface area contributed by atoms with Crippen LogP contribution in [0.1, 0.15) is 0 Å². The first kappa shape index (κ1) is 15.5. The number of pyridine rings is 1. The lowest BCUT2D eigenvalue weighted by atomic mass is 10.0. The van der Waals surface area contributed by atoms with Gasteiger partial charge in [-0.05, 0) is 23.3 Å². The Labute approximate surface area is 148 Å². The van der Waals surface area contributed by atoms with Crippen LogP contribution in [0.15, 0.2) is 64.8 Å². The third kappa shape index (κ3) is 2.58. The summed E-state index contributed by atoms with van der Waals surface area (Å²) < 4.78 is 5.29. The highest BCUT2D eigenvalue weighted by atomic mass is 32.1. The number of rotatable bonds is 3. The molecule has 4 nitrogen and oxygen atoms in total. The van der Waals surface area contributed by atoms with Gasteiger partial charge in [0.2, 0.25) is 0 Å². The van der Waals surface area contributed by atoms with Crippen LogP contribution in [0, 0.1) is 0 Å². The normalized spacial score (nSPS) is 10.9. The van der Waals surface area contributed by atoms with Gasteiger partial charge in [0.1, 0.15) is 16.3 Å². The molecule has 0 aliphatic rings. The predicted octanol–water partition coefficient (Wildman–Crippen LogP) is 4.64. The molecule has 2 N–H and O–H groups in total. The Kier molecular flexibility index (Phi) is 3.78. The summed E-state index contributed by atoms with van der Waals surface area (Å²) in [6.07, 6.45) is 0. The van der Waals surface area contributed by atoms with Crippen LogP contribution in [0.25, 0.3) is 32.5 Å². The van der Waals surface area contributed by atoms with Crippen molar-refractivity contribution >= 4 is 21.6 Å². The van der Waals surface area contributed by atoms with Crippen molar-refractivity contribution in [2.45, 2.75) is 0 Å². The van der Waals surface area contributed by atoms with Crippen LogP contribution in [-0.2, 0) is 0 Å². The van der Waals surface area contributed by atoms with Crippen LogP contribution in [0.2, 0.25) is 0 Å². The van der Waals surface area contributed by atoms with Crippen LogP contribution >= 0.6 is 11.3 Å². The van der Waals surface area contributed by atoms with Crippen molar-refractivity contribution in [3.8, 4) is 33.8 Å². The summed E-state index contributed by atoms with van der Waals surface area (Å²) in [5.41, 5.74) is 2.47. The zero-order chi connectivity index (χ0) is 17.4. The fourth-order valence-corrected chi connectivity index (χ4v) is 3.92. The summed E-state index contributed by atoms with van der Waals surface area (Å²) in [5, 5.41) is 13.5. The van der Waals surface area contributed by atoms with Crippen molar-refractivity contribution in [2.75, 3.05) is 7.11 Å². The van der Waals surface area contributed by atoms with E-state index in [-0.39, 0.29) is 16.9 Å². The second-order valence-corrected chi connectivity index (χ2v) is 6.51. The largest absolute Gasteiger partial charge is 0.506 e. The maximum Gasteiger partial charge on any atom is 0.260 e. The molecule has 0 aliphatic carbocycles. The first-order chi connectivity index (χ1) is 12.2. The van der Waals surface area contributed by atoms with Gasteiger partial charge in [0, 0.05) is 10.9 Å². The van der Waals surface area contributed by atoms with Crippen LogP contribution in [-0.4, -0.2) is 17.2 Å². The Hall–Kier alpha value is -3.05. The number of hydrogen-bond donors (Lipinski definition) is 2. The van der Waals surface area contributed by atoms with E-state index in [9.17, 15) is 9.90 Å². The molecule has 124 valence electrons. The van der Waals surface area contributed by atoms with Gasteiger partial charge in [0.15, 0.2) is 0 Å². The number of hydrogen-bond acceptors (Lipinski definition) is 4. The van der Waals surface area contributed by atoms with Crippen molar-refractivity contribution in [1.82, 2.24) is 4.98 Å². The molecule has 0 radical (unpaired) electrons. The average Bonchev–Trinajstić information content (AvgIpc) is 3.06. The first-order valence-corrected chi connectivity index (χ1v) is 8.63. The highest BCUT2D eigenvalue weighted by molar-refractivity contribution is 7.17. The van der Waals surface area contributed by atoms with E-state index in [4.69, 9.17) is 4.74 Å². The number of fused-ring (bicyclic) bond motifs is 1. The molecule has 4 rings (SSSR count). The maximum atomic E-state index is 12.5. The fraction of sp³-hybridized carbons (Fsp3) is 0.0500. The van der Waals surface area contributed by atoms with Gasteiger partial charge in [-0.15, -0.1) is 11.3 Å². The molecule has 0 unspecified atom stereocenters. The summed E-state index contributed by atoms with van der Waals surface area (Å²) in [5.74, 6) is 0.744. The quantitative estimate of drug-likeness (QED) is 0.566. The van der Waals surface area contributed by atoms with E-state index < -0.39 is 0 Å². The van der Waals surface area contributed by atoms with E-state index in [0.717, 1.165) is 16.9 Å². The van der Waals surface area contributed by atoms with E-state index in [1.54, 1.807) is 7.11 Å². The van der Waals surface area contributed by atoms with Crippen LogP contribution < -0.4 is 10.3 Å². The van der Waals surface area contributed by atoms with Gasteiger partial charge in [-0.25, -0.2) is 0 Å². The number of nitrogens with one attached hydrogen (secondary N) is 1. The molecule has 0 spiro atoms. The Morgan fingerprint density at radius 3 is 2.56 bits per heavy atom. The lowest BCUT2D eigenvalue weighted by Crippen LogP contribution is -2.08. The van der Waals surface area contributed by atoms with Crippen molar-refractivity contribution in [3.05, 3.63) is 70.3 Å². The van der Waals surface area contributed by atoms with Gasteiger partial charge in [0.25, 0.3) is 5.56 Å². The van der Waals surface area contributed by atoms with E-state index in [1.807, 2.05) is 60.0 Å². The fourth-order valence-electron chi connectivity index (χ4n) is 2.96. The van der Waals surface area contributed by atoms with Gasteiger partial charge >= 0.3 is 0 Å². The van der Waals surface area contributed by atoms with Crippen molar-refractivity contribution in [2.24, 2.45) is 0 Å². The molecule has 2 aromatic carbocycles. The van der Waals surface area contributed by atoms with Gasteiger partial charge in [-0.1, -0.05) is 42.5 Å². The smallest absolute Gasteiger partial charge is 0.260 e. The molecule has 0 amide bonds. The molecular formula is C20H15NO3S. The maximum absolute atomic E-state index is 12.5. The van der Waals surface area contributed by atoms with Crippen molar-refractivity contribution in [1.29, 1.82) is 0 Å². The standard InChI is InChI=1S/C20H15NO3S/c1-24-14-9-5-8-13(10-14)15-11-25-20-17(15)18(22)16(19(23)21-20)12-6-3-2-4-7-12/h2-11H,1H3,(H2,21,22,23). The molecule has 4 aromatic rings. The van der Waals surface area contributed by atoms with Crippen LogP contribution in [0.3, 0.4) is 0 Å².